The topological polar surface area (TPSA) is 24.5 Å². The molecule has 0 saturated carbocycles. The molecule has 0 spiro atoms. The second-order valence-corrected chi connectivity index (χ2v) is 4.61. The SMILES string of the molecule is CNC(COC)CN(C)c1ccc(C)cc1C. The average Bonchev–Trinajstić information content (AvgIpc) is 2.28. The molecule has 0 saturated heterocycles. The highest BCUT2D eigenvalue weighted by Gasteiger charge is 2.11. The molecule has 0 fully saturated rings. The Morgan fingerprint density at radius 1 is 1.35 bits per heavy atom. The fraction of sp³-hybridized carbons (Fsp3) is 0.571. The lowest BCUT2D eigenvalue weighted by Crippen LogP contribution is -2.41. The number of rotatable bonds is 6. The predicted octanol–water partition coefficient (Wildman–Crippen LogP) is 1.97. The molecule has 0 aliphatic rings. The minimum absolute atomic E-state index is 0.353. The van der Waals surface area contributed by atoms with E-state index in [1.165, 1.54) is 16.8 Å². The Hall–Kier alpha value is -1.06. The molecule has 3 heteroatoms. The highest BCUT2D eigenvalue weighted by atomic mass is 16.5. The third-order valence-electron chi connectivity index (χ3n) is 3.03. The van der Waals surface area contributed by atoms with E-state index in [0.29, 0.717) is 6.04 Å². The zero-order chi connectivity index (χ0) is 12.8. The highest BCUT2D eigenvalue weighted by Crippen LogP contribution is 2.19. The lowest BCUT2D eigenvalue weighted by Gasteiger charge is -2.26. The van der Waals surface area contributed by atoms with Gasteiger partial charge >= 0.3 is 0 Å². The van der Waals surface area contributed by atoms with E-state index >= 15 is 0 Å². The minimum Gasteiger partial charge on any atom is -0.383 e. The summed E-state index contributed by atoms with van der Waals surface area (Å²) in [5.41, 5.74) is 3.91. The number of hydrogen-bond donors (Lipinski definition) is 1. The molecule has 0 aliphatic heterocycles. The summed E-state index contributed by atoms with van der Waals surface area (Å²) >= 11 is 0. The first-order chi connectivity index (χ1) is 8.08. The van der Waals surface area contributed by atoms with Crippen LogP contribution in [0.2, 0.25) is 0 Å². The van der Waals surface area contributed by atoms with E-state index in [4.69, 9.17) is 4.74 Å². The fourth-order valence-corrected chi connectivity index (χ4v) is 2.09. The molecule has 0 heterocycles. The Labute approximate surface area is 105 Å². The summed E-state index contributed by atoms with van der Waals surface area (Å²) in [6, 6.07) is 6.91. The smallest absolute Gasteiger partial charge is 0.0633 e. The van der Waals surface area contributed by atoms with Crippen LogP contribution in [0.1, 0.15) is 11.1 Å². The van der Waals surface area contributed by atoms with Crippen molar-refractivity contribution in [1.82, 2.24) is 5.32 Å². The molecule has 0 bridgehead atoms. The molecule has 0 radical (unpaired) electrons. The van der Waals surface area contributed by atoms with Gasteiger partial charge in [-0.15, -0.1) is 0 Å². The third-order valence-corrected chi connectivity index (χ3v) is 3.03. The minimum atomic E-state index is 0.353. The van der Waals surface area contributed by atoms with Crippen LogP contribution in [0.5, 0.6) is 0 Å². The monoisotopic (exact) mass is 236 g/mol. The zero-order valence-corrected chi connectivity index (χ0v) is 11.6. The maximum absolute atomic E-state index is 5.19. The number of likely N-dealkylation sites (N-methyl/N-ethyl adjacent to an activating group) is 2. The average molecular weight is 236 g/mol. The van der Waals surface area contributed by atoms with Gasteiger partial charge in [0.25, 0.3) is 0 Å². The van der Waals surface area contributed by atoms with Crippen molar-refractivity contribution in [1.29, 1.82) is 0 Å². The summed E-state index contributed by atoms with van der Waals surface area (Å²) in [6.07, 6.45) is 0. The predicted molar refractivity (Wildman–Crippen MR) is 73.9 cm³/mol. The maximum Gasteiger partial charge on any atom is 0.0633 e. The molecular formula is C14H24N2O. The quantitative estimate of drug-likeness (QED) is 0.817. The Morgan fingerprint density at radius 2 is 2.06 bits per heavy atom. The molecule has 1 N–H and O–H groups in total. The van der Waals surface area contributed by atoms with Gasteiger partial charge in [-0.25, -0.2) is 0 Å². The van der Waals surface area contributed by atoms with Gasteiger partial charge in [-0.1, -0.05) is 17.7 Å². The van der Waals surface area contributed by atoms with Crippen LogP contribution in [0, 0.1) is 13.8 Å². The highest BCUT2D eigenvalue weighted by molar-refractivity contribution is 5.53. The van der Waals surface area contributed by atoms with Crippen LogP contribution in [-0.2, 0) is 4.74 Å². The van der Waals surface area contributed by atoms with Crippen molar-refractivity contribution < 1.29 is 4.74 Å². The molecule has 17 heavy (non-hydrogen) atoms. The lowest BCUT2D eigenvalue weighted by atomic mass is 10.1. The van der Waals surface area contributed by atoms with Gasteiger partial charge in [0.2, 0.25) is 0 Å². The van der Waals surface area contributed by atoms with Gasteiger partial charge in [-0.2, -0.15) is 0 Å². The Balaban J connectivity index is 2.71. The van der Waals surface area contributed by atoms with Crippen LogP contribution in [-0.4, -0.2) is 40.4 Å². The maximum atomic E-state index is 5.19. The summed E-state index contributed by atoms with van der Waals surface area (Å²) < 4.78 is 5.19. The first-order valence-corrected chi connectivity index (χ1v) is 6.03. The van der Waals surface area contributed by atoms with E-state index in [2.05, 4.69) is 49.3 Å². The van der Waals surface area contributed by atoms with E-state index in [0.717, 1.165) is 13.2 Å². The Kier molecular flexibility index (Phi) is 5.45. The van der Waals surface area contributed by atoms with Crippen LogP contribution < -0.4 is 10.2 Å². The van der Waals surface area contributed by atoms with Crippen molar-refractivity contribution >= 4 is 5.69 Å². The molecule has 1 atom stereocenters. The standard InChI is InChI=1S/C14H24N2O/c1-11-6-7-14(12(2)8-11)16(4)9-13(15-3)10-17-5/h6-8,13,15H,9-10H2,1-5H3. The van der Waals surface area contributed by atoms with Gasteiger partial charge < -0.3 is 15.0 Å². The number of hydrogen-bond acceptors (Lipinski definition) is 3. The molecular weight excluding hydrogens is 212 g/mol. The van der Waals surface area contributed by atoms with Crippen LogP contribution in [0.4, 0.5) is 5.69 Å². The van der Waals surface area contributed by atoms with E-state index in [1.54, 1.807) is 7.11 Å². The van der Waals surface area contributed by atoms with E-state index < -0.39 is 0 Å². The largest absolute Gasteiger partial charge is 0.383 e. The number of ether oxygens (including phenoxy) is 1. The third kappa shape index (κ3) is 4.02. The van der Waals surface area contributed by atoms with Gasteiger partial charge in [0.15, 0.2) is 0 Å². The molecule has 0 aliphatic carbocycles. The van der Waals surface area contributed by atoms with E-state index in [-0.39, 0.29) is 0 Å². The van der Waals surface area contributed by atoms with Crippen LogP contribution in [0.3, 0.4) is 0 Å². The first-order valence-electron chi connectivity index (χ1n) is 6.03. The molecule has 3 nitrogen and oxygen atoms in total. The van der Waals surface area contributed by atoms with Crippen molar-refractivity contribution in [2.24, 2.45) is 0 Å². The molecule has 1 aromatic carbocycles. The number of nitrogens with one attached hydrogen (secondary N) is 1. The van der Waals surface area contributed by atoms with Gasteiger partial charge in [-0.3, -0.25) is 0 Å². The van der Waals surface area contributed by atoms with Crippen molar-refractivity contribution in [2.75, 3.05) is 39.3 Å². The van der Waals surface area contributed by atoms with Crippen molar-refractivity contribution in [2.45, 2.75) is 19.9 Å². The molecule has 0 aromatic heterocycles. The number of methoxy groups -OCH3 is 1. The van der Waals surface area contributed by atoms with Crippen molar-refractivity contribution in [3.05, 3.63) is 29.3 Å². The number of aryl methyl sites for hydroxylation is 2. The molecule has 0 amide bonds. The van der Waals surface area contributed by atoms with Crippen LogP contribution in [0.15, 0.2) is 18.2 Å². The molecule has 1 aromatic rings. The molecule has 1 unspecified atom stereocenters. The summed E-state index contributed by atoms with van der Waals surface area (Å²) in [7, 11) is 5.83. The summed E-state index contributed by atoms with van der Waals surface area (Å²) in [5.74, 6) is 0. The Bertz CT molecular complexity index is 352. The Morgan fingerprint density at radius 3 is 2.59 bits per heavy atom. The summed E-state index contributed by atoms with van der Waals surface area (Å²) in [6.45, 7) is 5.95. The summed E-state index contributed by atoms with van der Waals surface area (Å²) in [4.78, 5) is 2.27. The van der Waals surface area contributed by atoms with Crippen molar-refractivity contribution in [3.63, 3.8) is 0 Å². The van der Waals surface area contributed by atoms with Gasteiger partial charge in [0.05, 0.1) is 6.61 Å². The lowest BCUT2D eigenvalue weighted by molar-refractivity contribution is 0.171. The normalized spacial score (nSPS) is 12.5. The second kappa shape index (κ2) is 6.62. The van der Waals surface area contributed by atoms with Crippen LogP contribution >= 0.6 is 0 Å². The van der Waals surface area contributed by atoms with Gasteiger partial charge in [0.1, 0.15) is 0 Å². The van der Waals surface area contributed by atoms with E-state index in [1.807, 2.05) is 7.05 Å². The second-order valence-electron chi connectivity index (χ2n) is 4.61. The number of benzene rings is 1. The zero-order valence-electron chi connectivity index (χ0n) is 11.6. The van der Waals surface area contributed by atoms with E-state index in [9.17, 15) is 0 Å². The van der Waals surface area contributed by atoms with Gasteiger partial charge in [-0.05, 0) is 32.5 Å². The molecule has 1 rings (SSSR count). The number of nitrogens with zero attached hydrogens (tertiary/aromatic N) is 1. The summed E-state index contributed by atoms with van der Waals surface area (Å²) in [5, 5.41) is 3.27. The fourth-order valence-electron chi connectivity index (χ4n) is 2.09. The number of anilines is 1. The van der Waals surface area contributed by atoms with Crippen LogP contribution in [0.25, 0.3) is 0 Å². The molecule has 96 valence electrons. The van der Waals surface area contributed by atoms with Crippen molar-refractivity contribution in [3.8, 4) is 0 Å². The first kappa shape index (κ1) is 14.0. The van der Waals surface area contributed by atoms with Gasteiger partial charge in [0, 0.05) is 32.4 Å².